The summed E-state index contributed by atoms with van der Waals surface area (Å²) in [5, 5.41) is 0.475. The molecule has 0 N–H and O–H groups in total. The van der Waals surface area contributed by atoms with Gasteiger partial charge in [-0.25, -0.2) is 0 Å². The maximum atomic E-state index is 12.8. The van der Waals surface area contributed by atoms with E-state index in [0.29, 0.717) is 16.3 Å². The molecule has 2 aromatic carbocycles. The van der Waals surface area contributed by atoms with Gasteiger partial charge in [0.1, 0.15) is 11.5 Å². The van der Waals surface area contributed by atoms with Crippen LogP contribution in [0, 0.1) is 0 Å². The van der Waals surface area contributed by atoms with Crippen LogP contribution in [0.25, 0.3) is 0 Å². The van der Waals surface area contributed by atoms with E-state index in [-0.39, 0.29) is 23.7 Å². The fourth-order valence-corrected chi connectivity index (χ4v) is 2.49. The Bertz CT molecular complexity index is 956. The monoisotopic (exact) mass is 391 g/mol. The average molecular weight is 392 g/mol. The third-order valence-electron chi connectivity index (χ3n) is 3.68. The first kappa shape index (κ1) is 18.9. The Morgan fingerprint density at radius 2 is 1.70 bits per heavy atom. The molecule has 0 bridgehead atoms. The van der Waals surface area contributed by atoms with Crippen molar-refractivity contribution in [3.05, 3.63) is 88.7 Å². The van der Waals surface area contributed by atoms with Gasteiger partial charge in [0.05, 0.1) is 17.0 Å². The smallest absolute Gasteiger partial charge is 0.416 e. The van der Waals surface area contributed by atoms with Gasteiger partial charge in [-0.1, -0.05) is 29.8 Å². The third kappa shape index (κ3) is 5.08. The molecule has 1 aromatic heterocycles. The predicted molar refractivity (Wildman–Crippen MR) is 95.2 cm³/mol. The fraction of sp³-hybridized carbons (Fsp3) is 0.100. The number of ketones is 1. The number of carbonyl (C=O) groups is 1. The Hall–Kier alpha value is -2.86. The molecule has 0 fully saturated rings. The van der Waals surface area contributed by atoms with Crippen LogP contribution in [0.3, 0.4) is 0 Å². The minimum Gasteiger partial charge on any atom is -0.457 e. The van der Waals surface area contributed by atoms with Gasteiger partial charge in [-0.3, -0.25) is 9.78 Å². The lowest BCUT2D eigenvalue weighted by molar-refractivity contribution is -0.137. The predicted octanol–water partition coefficient (Wildman–Crippen LogP) is 5.97. The van der Waals surface area contributed by atoms with Crippen molar-refractivity contribution in [2.24, 2.45) is 0 Å². The van der Waals surface area contributed by atoms with Gasteiger partial charge in [0.2, 0.25) is 0 Å². The molecule has 1 heterocycles. The summed E-state index contributed by atoms with van der Waals surface area (Å²) in [6.45, 7) is 0. The number of aromatic nitrogens is 1. The molecule has 0 saturated heterocycles. The highest BCUT2D eigenvalue weighted by atomic mass is 35.5. The van der Waals surface area contributed by atoms with Gasteiger partial charge in [-0.05, 0) is 42.5 Å². The largest absolute Gasteiger partial charge is 0.457 e. The summed E-state index contributed by atoms with van der Waals surface area (Å²) in [6, 6.07) is 14.1. The van der Waals surface area contributed by atoms with Crippen LogP contribution in [-0.2, 0) is 12.6 Å². The van der Waals surface area contributed by atoms with Gasteiger partial charge in [-0.2, -0.15) is 13.2 Å². The lowest BCUT2D eigenvalue weighted by atomic mass is 10.1. The van der Waals surface area contributed by atoms with E-state index in [4.69, 9.17) is 16.3 Å². The summed E-state index contributed by atoms with van der Waals surface area (Å²) in [4.78, 5) is 16.5. The van der Waals surface area contributed by atoms with Gasteiger partial charge in [0, 0.05) is 17.5 Å². The highest BCUT2D eigenvalue weighted by Crippen LogP contribution is 2.32. The third-order valence-corrected chi connectivity index (χ3v) is 3.91. The molecule has 0 amide bonds. The highest BCUT2D eigenvalue weighted by molar-refractivity contribution is 6.30. The molecular formula is C20H13ClF3NO2. The van der Waals surface area contributed by atoms with E-state index in [1.54, 1.807) is 30.3 Å². The fourth-order valence-electron chi connectivity index (χ4n) is 2.38. The summed E-state index contributed by atoms with van der Waals surface area (Å²) >= 11 is 5.77. The maximum absolute atomic E-state index is 12.8. The minimum absolute atomic E-state index is 0.0359. The van der Waals surface area contributed by atoms with Crippen molar-refractivity contribution in [3.63, 3.8) is 0 Å². The lowest BCUT2D eigenvalue weighted by Gasteiger charge is -2.10. The SMILES string of the molecule is O=C(Cc1ccc(Cl)cn1)c1cccc(Oc2cccc(C(F)(F)F)c2)c1. The number of ether oxygens (including phenoxy) is 1. The van der Waals surface area contributed by atoms with E-state index in [1.807, 2.05) is 0 Å². The van der Waals surface area contributed by atoms with Crippen LogP contribution in [0.5, 0.6) is 11.5 Å². The number of hydrogen-bond donors (Lipinski definition) is 0. The zero-order valence-electron chi connectivity index (χ0n) is 13.8. The topological polar surface area (TPSA) is 39.2 Å². The Kier molecular flexibility index (Phi) is 5.46. The van der Waals surface area contributed by atoms with Crippen molar-refractivity contribution in [1.29, 1.82) is 0 Å². The molecule has 0 spiro atoms. The molecule has 0 aliphatic heterocycles. The first-order chi connectivity index (χ1) is 12.8. The molecule has 3 rings (SSSR count). The summed E-state index contributed by atoms with van der Waals surface area (Å²) in [5.74, 6) is 0.109. The normalized spacial score (nSPS) is 11.3. The summed E-state index contributed by atoms with van der Waals surface area (Å²) in [7, 11) is 0. The summed E-state index contributed by atoms with van der Waals surface area (Å²) in [5.41, 5.74) is 0.130. The van der Waals surface area contributed by atoms with Gasteiger partial charge in [0.15, 0.2) is 5.78 Å². The molecule has 0 unspecified atom stereocenters. The molecule has 0 saturated carbocycles. The maximum Gasteiger partial charge on any atom is 0.416 e. The van der Waals surface area contributed by atoms with Crippen LogP contribution >= 0.6 is 11.6 Å². The highest BCUT2D eigenvalue weighted by Gasteiger charge is 2.30. The zero-order valence-corrected chi connectivity index (χ0v) is 14.6. The molecule has 7 heteroatoms. The number of halogens is 4. The summed E-state index contributed by atoms with van der Waals surface area (Å²) < 4.78 is 43.9. The number of alkyl halides is 3. The van der Waals surface area contributed by atoms with E-state index in [2.05, 4.69) is 4.98 Å². The van der Waals surface area contributed by atoms with Gasteiger partial charge in [-0.15, -0.1) is 0 Å². The number of rotatable bonds is 5. The number of hydrogen-bond acceptors (Lipinski definition) is 3. The summed E-state index contributed by atoms with van der Waals surface area (Å²) in [6.07, 6.45) is -2.93. The van der Waals surface area contributed by atoms with Crippen LogP contribution in [-0.4, -0.2) is 10.8 Å². The Balaban J connectivity index is 1.75. The Morgan fingerprint density at radius 3 is 2.37 bits per heavy atom. The molecule has 138 valence electrons. The van der Waals surface area contributed by atoms with Crippen molar-refractivity contribution in [2.45, 2.75) is 12.6 Å². The number of pyridine rings is 1. The van der Waals surface area contributed by atoms with E-state index < -0.39 is 11.7 Å². The van der Waals surface area contributed by atoms with Crippen LogP contribution in [0.2, 0.25) is 5.02 Å². The standard InChI is InChI=1S/C20H13ClF3NO2/c21-15-7-8-16(25-12-15)11-19(26)13-3-1-5-17(9-13)27-18-6-2-4-14(10-18)20(22,23)24/h1-10,12H,11H2. The molecule has 3 nitrogen and oxygen atoms in total. The van der Waals surface area contributed by atoms with Gasteiger partial charge < -0.3 is 4.74 Å². The second-order valence-electron chi connectivity index (χ2n) is 5.72. The Labute approximate surface area is 158 Å². The number of benzene rings is 2. The van der Waals surface area contributed by atoms with Crippen LogP contribution in [0.15, 0.2) is 66.9 Å². The van der Waals surface area contributed by atoms with Crippen molar-refractivity contribution < 1.29 is 22.7 Å². The van der Waals surface area contributed by atoms with E-state index in [0.717, 1.165) is 12.1 Å². The molecule has 0 aliphatic rings. The van der Waals surface area contributed by atoms with E-state index >= 15 is 0 Å². The molecule has 0 radical (unpaired) electrons. The van der Waals surface area contributed by atoms with Gasteiger partial charge >= 0.3 is 6.18 Å². The zero-order chi connectivity index (χ0) is 19.4. The first-order valence-corrected chi connectivity index (χ1v) is 8.28. The second-order valence-corrected chi connectivity index (χ2v) is 6.16. The molecule has 3 aromatic rings. The Morgan fingerprint density at radius 1 is 1.00 bits per heavy atom. The number of Topliss-reactive ketones (excluding diaryl/α,β-unsaturated/α-hetero) is 1. The molecule has 0 atom stereocenters. The van der Waals surface area contributed by atoms with Crippen LogP contribution < -0.4 is 4.74 Å². The van der Waals surface area contributed by atoms with Crippen molar-refractivity contribution in [1.82, 2.24) is 4.98 Å². The van der Waals surface area contributed by atoms with Crippen LogP contribution in [0.4, 0.5) is 13.2 Å². The molecule has 0 aliphatic carbocycles. The van der Waals surface area contributed by atoms with Crippen molar-refractivity contribution in [2.75, 3.05) is 0 Å². The molecular weight excluding hydrogens is 379 g/mol. The second kappa shape index (κ2) is 7.80. The van der Waals surface area contributed by atoms with Crippen molar-refractivity contribution >= 4 is 17.4 Å². The lowest BCUT2D eigenvalue weighted by Crippen LogP contribution is -2.05. The van der Waals surface area contributed by atoms with E-state index in [1.165, 1.54) is 24.4 Å². The molecule has 27 heavy (non-hydrogen) atoms. The van der Waals surface area contributed by atoms with E-state index in [9.17, 15) is 18.0 Å². The minimum atomic E-state index is -4.46. The van der Waals surface area contributed by atoms with Gasteiger partial charge in [0.25, 0.3) is 0 Å². The average Bonchev–Trinajstić information content (AvgIpc) is 2.63. The van der Waals surface area contributed by atoms with Crippen LogP contribution in [0.1, 0.15) is 21.6 Å². The van der Waals surface area contributed by atoms with Crippen molar-refractivity contribution in [3.8, 4) is 11.5 Å². The number of carbonyl (C=O) groups excluding carboxylic acids is 1. The number of nitrogens with zero attached hydrogens (tertiary/aromatic N) is 1. The first-order valence-electron chi connectivity index (χ1n) is 7.90. The quantitative estimate of drug-likeness (QED) is 0.503.